The maximum Gasteiger partial charge on any atom is 0.240 e. The number of fused-ring (bicyclic) bond motifs is 1. The van der Waals surface area contributed by atoms with Crippen molar-refractivity contribution < 1.29 is 22.3 Å². The molecule has 38 heavy (non-hydrogen) atoms. The molecule has 202 valence electrons. The summed E-state index contributed by atoms with van der Waals surface area (Å²) in [5.41, 5.74) is 2.86. The highest BCUT2D eigenvalue weighted by Crippen LogP contribution is 2.29. The van der Waals surface area contributed by atoms with Crippen molar-refractivity contribution in [1.29, 1.82) is 0 Å². The van der Waals surface area contributed by atoms with Gasteiger partial charge in [-0.2, -0.15) is 0 Å². The smallest absolute Gasteiger partial charge is 0.240 e. The Morgan fingerprint density at radius 2 is 2.00 bits per heavy atom. The van der Waals surface area contributed by atoms with Crippen LogP contribution in [0.4, 0.5) is 10.1 Å². The van der Waals surface area contributed by atoms with Gasteiger partial charge in [0.05, 0.1) is 34.5 Å². The Labute approximate surface area is 225 Å². The van der Waals surface area contributed by atoms with Gasteiger partial charge in [0, 0.05) is 32.6 Å². The van der Waals surface area contributed by atoms with Gasteiger partial charge in [0.1, 0.15) is 17.6 Å². The number of ether oxygens (including phenoxy) is 1. The lowest BCUT2D eigenvalue weighted by atomic mass is 10.1. The summed E-state index contributed by atoms with van der Waals surface area (Å²) >= 11 is 6.15. The Bertz CT molecular complexity index is 1440. The first kappa shape index (κ1) is 26.7. The molecule has 3 heterocycles. The molecule has 0 unspecified atom stereocenters. The average molecular weight is 563 g/mol. The van der Waals surface area contributed by atoms with E-state index >= 15 is 0 Å². The second kappa shape index (κ2) is 11.1. The van der Waals surface area contributed by atoms with Gasteiger partial charge in [-0.05, 0) is 48.7 Å². The van der Waals surface area contributed by atoms with Gasteiger partial charge in [-0.15, -0.1) is 5.10 Å². The molecular formula is C25H28ClFN6O4S. The van der Waals surface area contributed by atoms with Gasteiger partial charge in [0.25, 0.3) is 0 Å². The fraction of sp³-hybridized carbons (Fsp3) is 0.400. The minimum absolute atomic E-state index is 0.0475. The number of nitrogens with zero attached hydrogens (tertiary/aromatic N) is 4. The summed E-state index contributed by atoms with van der Waals surface area (Å²) in [5.74, 6) is -0.592. The number of benzene rings is 2. The molecule has 1 atom stereocenters. The summed E-state index contributed by atoms with van der Waals surface area (Å²) < 4.78 is 50.0. The molecule has 2 aliphatic heterocycles. The normalized spacial score (nSPS) is 18.8. The van der Waals surface area contributed by atoms with Gasteiger partial charge >= 0.3 is 0 Å². The van der Waals surface area contributed by atoms with Crippen molar-refractivity contribution in [2.45, 2.75) is 56.5 Å². The van der Waals surface area contributed by atoms with Crippen LogP contribution >= 0.6 is 11.6 Å². The fourth-order valence-electron chi connectivity index (χ4n) is 4.76. The molecule has 0 bridgehead atoms. The van der Waals surface area contributed by atoms with E-state index in [4.69, 9.17) is 16.3 Å². The van der Waals surface area contributed by atoms with Crippen LogP contribution in [-0.2, 0) is 39.3 Å². The summed E-state index contributed by atoms with van der Waals surface area (Å²) in [5, 5.41) is 11.4. The third-order valence-corrected chi connectivity index (χ3v) is 8.57. The number of halogens is 2. The first-order valence-corrected chi connectivity index (χ1v) is 14.1. The fourth-order valence-corrected chi connectivity index (χ4v) is 6.38. The third kappa shape index (κ3) is 6.05. The van der Waals surface area contributed by atoms with E-state index in [1.54, 1.807) is 6.07 Å². The van der Waals surface area contributed by atoms with Gasteiger partial charge in [-0.25, -0.2) is 22.2 Å². The number of nitrogens with one attached hydrogen (secondary N) is 2. The Morgan fingerprint density at radius 1 is 1.21 bits per heavy atom. The van der Waals surface area contributed by atoms with E-state index in [0.29, 0.717) is 51.3 Å². The quantitative estimate of drug-likeness (QED) is 0.454. The molecule has 2 N–H and O–H groups in total. The van der Waals surface area contributed by atoms with E-state index in [2.05, 4.69) is 25.3 Å². The second-order valence-electron chi connectivity index (χ2n) is 9.51. The highest BCUT2D eigenvalue weighted by atomic mass is 35.5. The molecule has 0 radical (unpaired) electrons. The number of sulfonamides is 1. The van der Waals surface area contributed by atoms with Gasteiger partial charge in [0.2, 0.25) is 15.9 Å². The molecule has 0 aliphatic carbocycles. The number of hydrogen-bond donors (Lipinski definition) is 2. The summed E-state index contributed by atoms with van der Waals surface area (Å²) in [7, 11) is -3.77. The van der Waals surface area contributed by atoms with E-state index in [-0.39, 0.29) is 33.8 Å². The lowest BCUT2D eigenvalue weighted by Crippen LogP contribution is -2.44. The lowest BCUT2D eigenvalue weighted by Gasteiger charge is -2.32. The number of hydrogen-bond acceptors (Lipinski definition) is 7. The van der Waals surface area contributed by atoms with Crippen LogP contribution in [0.1, 0.15) is 42.8 Å². The third-order valence-electron chi connectivity index (χ3n) is 6.74. The van der Waals surface area contributed by atoms with E-state index in [0.717, 1.165) is 17.0 Å². The van der Waals surface area contributed by atoms with Crippen LogP contribution in [-0.4, -0.2) is 53.4 Å². The molecule has 2 aromatic carbocycles. The molecule has 5 rings (SSSR count). The zero-order valence-corrected chi connectivity index (χ0v) is 22.3. The second-order valence-corrected chi connectivity index (χ2v) is 11.6. The summed E-state index contributed by atoms with van der Waals surface area (Å²) in [6, 6.07) is 10.4. The van der Waals surface area contributed by atoms with E-state index in [1.807, 2.05) is 10.7 Å². The highest BCUT2D eigenvalue weighted by Gasteiger charge is 2.29. The standard InChI is InChI=1S/C25H28ClFN6O4S/c1-16(34)28-22-6-5-20(12-21(22)26)38(35,36)30-19-7-9-32(10-8-19)13-23-24-15-37-25(14-33(24)31-29-23)17-3-2-4-18(27)11-17/h2-6,11-12,19,25,30H,7-10,13-15H2,1H3,(H,28,34)/t25-/m1/s1. The van der Waals surface area contributed by atoms with Crippen LogP contribution in [0.25, 0.3) is 0 Å². The summed E-state index contributed by atoms with van der Waals surface area (Å²) in [6.07, 6.45) is 0.991. The Kier molecular flexibility index (Phi) is 7.78. The van der Waals surface area contributed by atoms with Crippen molar-refractivity contribution in [3.63, 3.8) is 0 Å². The first-order valence-electron chi connectivity index (χ1n) is 12.3. The number of rotatable bonds is 7. The van der Waals surface area contributed by atoms with Crippen LogP contribution < -0.4 is 10.0 Å². The van der Waals surface area contributed by atoms with Crippen molar-refractivity contribution in [3.8, 4) is 0 Å². The van der Waals surface area contributed by atoms with Gasteiger partial charge in [-0.1, -0.05) is 28.9 Å². The monoisotopic (exact) mass is 562 g/mol. The number of aromatic nitrogens is 3. The Balaban J connectivity index is 1.15. The highest BCUT2D eigenvalue weighted by molar-refractivity contribution is 7.89. The van der Waals surface area contributed by atoms with Gasteiger partial charge in [0.15, 0.2) is 0 Å². The molecule has 1 fully saturated rings. The molecule has 0 saturated carbocycles. The van der Waals surface area contributed by atoms with E-state index in [1.165, 1.54) is 37.3 Å². The Hall–Kier alpha value is -2.90. The predicted octanol–water partition coefficient (Wildman–Crippen LogP) is 3.24. The molecule has 1 saturated heterocycles. The maximum atomic E-state index is 13.6. The molecule has 13 heteroatoms. The van der Waals surface area contributed by atoms with Crippen LogP contribution in [0.5, 0.6) is 0 Å². The summed E-state index contributed by atoms with van der Waals surface area (Å²) in [4.78, 5) is 13.5. The minimum Gasteiger partial charge on any atom is -0.365 e. The van der Waals surface area contributed by atoms with Gasteiger partial charge < -0.3 is 10.1 Å². The summed E-state index contributed by atoms with van der Waals surface area (Å²) in [6.45, 7) is 4.12. The number of amides is 1. The number of likely N-dealkylation sites (tertiary alicyclic amines) is 1. The maximum absolute atomic E-state index is 13.6. The molecule has 1 aromatic heterocycles. The number of carbonyl (C=O) groups is 1. The van der Waals surface area contributed by atoms with Crippen molar-refractivity contribution in [3.05, 3.63) is 70.3 Å². The first-order chi connectivity index (χ1) is 18.2. The van der Waals surface area contributed by atoms with Crippen LogP contribution in [0.15, 0.2) is 47.4 Å². The van der Waals surface area contributed by atoms with Gasteiger partial charge in [-0.3, -0.25) is 9.69 Å². The van der Waals surface area contributed by atoms with Crippen molar-refractivity contribution in [2.24, 2.45) is 0 Å². The molecule has 0 spiro atoms. The van der Waals surface area contributed by atoms with Crippen LogP contribution in [0.2, 0.25) is 5.02 Å². The number of piperidine rings is 1. The zero-order chi connectivity index (χ0) is 26.9. The minimum atomic E-state index is -3.77. The lowest BCUT2D eigenvalue weighted by molar-refractivity contribution is -0.114. The van der Waals surface area contributed by atoms with Crippen LogP contribution in [0, 0.1) is 5.82 Å². The largest absolute Gasteiger partial charge is 0.365 e. The number of carbonyl (C=O) groups excluding carboxylic acids is 1. The van der Waals surface area contributed by atoms with Crippen molar-refractivity contribution >= 4 is 33.2 Å². The average Bonchev–Trinajstić information content (AvgIpc) is 3.28. The van der Waals surface area contributed by atoms with E-state index < -0.39 is 10.0 Å². The van der Waals surface area contributed by atoms with Crippen molar-refractivity contribution in [1.82, 2.24) is 24.6 Å². The molecule has 1 amide bonds. The zero-order valence-electron chi connectivity index (χ0n) is 20.7. The van der Waals surface area contributed by atoms with E-state index in [9.17, 15) is 17.6 Å². The topological polar surface area (TPSA) is 118 Å². The predicted molar refractivity (Wildman–Crippen MR) is 138 cm³/mol. The molecule has 10 nitrogen and oxygen atoms in total. The molecular weight excluding hydrogens is 535 g/mol. The Morgan fingerprint density at radius 3 is 2.71 bits per heavy atom. The molecule has 2 aliphatic rings. The SMILES string of the molecule is CC(=O)Nc1ccc(S(=O)(=O)NC2CCN(Cc3nnn4c3CO[C@@H](c3cccc(F)c3)C4)CC2)cc1Cl. The molecule has 3 aromatic rings. The number of anilines is 1. The van der Waals surface area contributed by atoms with Crippen LogP contribution in [0.3, 0.4) is 0 Å². The van der Waals surface area contributed by atoms with Crippen molar-refractivity contribution in [2.75, 3.05) is 18.4 Å².